The van der Waals surface area contributed by atoms with Crippen LogP contribution in [-0.4, -0.2) is 0 Å². The smallest absolute Gasteiger partial charge is 0.216 e. The predicted molar refractivity (Wildman–Crippen MR) is 242 cm³/mol. The summed E-state index contributed by atoms with van der Waals surface area (Å²) < 4.78 is 0. The van der Waals surface area contributed by atoms with Gasteiger partial charge >= 0.3 is 0 Å². The Balaban J connectivity index is 0.993. The van der Waals surface area contributed by atoms with Gasteiger partial charge in [-0.25, -0.2) is 9.98 Å². The molecule has 0 unspecified atom stereocenters. The number of rotatable bonds is 2. The van der Waals surface area contributed by atoms with Gasteiger partial charge in [-0.1, -0.05) is 87.1 Å². The van der Waals surface area contributed by atoms with Gasteiger partial charge in [0.05, 0.1) is 9.75 Å². The molecule has 4 aliphatic carbocycles. The van der Waals surface area contributed by atoms with Crippen molar-refractivity contribution in [2.45, 2.75) is 75.0 Å². The topological polar surface area (TPSA) is 93.0 Å². The third-order valence-electron chi connectivity index (χ3n) is 14.2. The van der Waals surface area contributed by atoms with Crippen LogP contribution in [0.5, 0.6) is 0 Å². The fraction of sp³-hybridized carbons (Fsp3) is 0.240. The van der Waals surface area contributed by atoms with E-state index >= 15 is 0 Å². The highest BCUT2D eigenvalue weighted by Crippen LogP contribution is 2.71. The van der Waals surface area contributed by atoms with Crippen molar-refractivity contribution in [1.82, 2.24) is 0 Å². The molecule has 4 aliphatic rings. The number of thiophene rings is 3. The number of nitrogens with zero attached hydrogens (tertiary/aromatic N) is 2. The molecule has 6 aromatic carbocycles. The molecule has 0 N–H and O–H groups in total. The summed E-state index contributed by atoms with van der Waals surface area (Å²) in [6, 6.07) is 27.4. The second-order valence-corrected chi connectivity index (χ2v) is 20.3. The van der Waals surface area contributed by atoms with Crippen LogP contribution in [0.25, 0.3) is 62.6 Å². The van der Waals surface area contributed by atoms with Crippen molar-refractivity contribution < 1.29 is 0 Å². The van der Waals surface area contributed by atoms with Gasteiger partial charge in [0.15, 0.2) is 10.7 Å². The van der Waals surface area contributed by atoms with Gasteiger partial charge in [-0.2, -0.15) is 0 Å². The molecule has 9 aromatic rings. The Morgan fingerprint density at radius 2 is 0.746 bits per heavy atom. The van der Waals surface area contributed by atoms with Crippen LogP contribution >= 0.6 is 34.0 Å². The summed E-state index contributed by atoms with van der Waals surface area (Å²) >= 11 is 5.13. The Bertz CT molecular complexity index is 3300. The molecule has 9 heteroatoms. The molecule has 6 nitrogen and oxygen atoms in total. The van der Waals surface area contributed by atoms with Crippen LogP contribution in [0.2, 0.25) is 0 Å². The van der Waals surface area contributed by atoms with Crippen LogP contribution in [0.3, 0.4) is 0 Å². The normalized spacial score (nSPS) is 17.4. The Morgan fingerprint density at radius 3 is 1.08 bits per heavy atom. The molecular weight excluding hydrogens is 789 g/mol. The molecule has 0 aliphatic heterocycles. The van der Waals surface area contributed by atoms with E-state index in [9.17, 15) is 19.2 Å². The molecular formula is C50H34N2O4S3. The van der Waals surface area contributed by atoms with E-state index in [1.807, 2.05) is 84.1 Å². The molecule has 59 heavy (non-hydrogen) atoms. The number of hydrogen-bond acceptors (Lipinski definition) is 9. The second-order valence-electron chi connectivity index (χ2n) is 17.2. The van der Waals surface area contributed by atoms with Crippen LogP contribution < -0.4 is 32.4 Å². The minimum absolute atomic E-state index is 0.0101. The van der Waals surface area contributed by atoms with Crippen molar-refractivity contribution in [3.05, 3.63) is 159 Å². The summed E-state index contributed by atoms with van der Waals surface area (Å²) in [5.74, 6) is 0. The molecule has 0 atom stereocenters. The quantitative estimate of drug-likeness (QED) is 0.174. The van der Waals surface area contributed by atoms with Crippen molar-refractivity contribution in [3.8, 4) is 19.5 Å². The molecule has 3 aromatic heterocycles. The molecule has 0 amide bonds. The first-order chi connectivity index (χ1) is 28.8. The Morgan fingerprint density at radius 1 is 0.407 bits per heavy atom. The average Bonchev–Trinajstić information content (AvgIpc) is 4.12. The van der Waals surface area contributed by atoms with Crippen molar-refractivity contribution in [2.75, 3.05) is 0 Å². The summed E-state index contributed by atoms with van der Waals surface area (Å²) in [5.41, 5.74) is 4.24. The average molecular weight is 823 g/mol. The zero-order valence-electron chi connectivity index (χ0n) is 31.9. The number of hydrogen-bond donors (Lipinski definition) is 0. The summed E-state index contributed by atoms with van der Waals surface area (Å²) in [6.45, 7) is 0. The summed E-state index contributed by atoms with van der Waals surface area (Å²) in [4.78, 5) is 70.0. The van der Waals surface area contributed by atoms with Crippen LogP contribution in [0.15, 0.2) is 114 Å². The number of benzene rings is 4. The molecule has 3 heterocycles. The third kappa shape index (κ3) is 4.50. The lowest BCUT2D eigenvalue weighted by Gasteiger charge is -2.41. The maximum Gasteiger partial charge on any atom is 0.216 e. The first kappa shape index (κ1) is 34.4. The zero-order chi connectivity index (χ0) is 39.4. The minimum atomic E-state index is -0.297. The van der Waals surface area contributed by atoms with Crippen molar-refractivity contribution in [3.63, 3.8) is 0 Å². The van der Waals surface area contributed by atoms with Crippen molar-refractivity contribution in [2.24, 2.45) is 9.98 Å². The van der Waals surface area contributed by atoms with Gasteiger partial charge in [-0.15, -0.1) is 34.0 Å². The largest absolute Gasteiger partial charge is 0.287 e. The molecule has 0 saturated heterocycles. The van der Waals surface area contributed by atoms with Gasteiger partial charge in [-0.3, -0.25) is 19.2 Å². The molecule has 13 rings (SSSR count). The van der Waals surface area contributed by atoms with E-state index in [1.165, 1.54) is 54.6 Å². The second kappa shape index (κ2) is 12.1. The fourth-order valence-corrected chi connectivity index (χ4v) is 15.6. The van der Waals surface area contributed by atoms with Crippen molar-refractivity contribution in [1.29, 1.82) is 0 Å². The van der Waals surface area contributed by atoms with Crippen LogP contribution in [0, 0.1) is 0 Å². The highest BCUT2D eigenvalue weighted by atomic mass is 32.1. The first-order valence-electron chi connectivity index (χ1n) is 20.7. The van der Waals surface area contributed by atoms with E-state index in [2.05, 4.69) is 12.1 Å². The molecule has 2 spiro atoms. The van der Waals surface area contributed by atoms with E-state index in [0.29, 0.717) is 21.5 Å². The molecule has 286 valence electrons. The molecule has 0 bridgehead atoms. The van der Waals surface area contributed by atoms with Gasteiger partial charge in [0.25, 0.3) is 0 Å². The Hall–Kier alpha value is -5.48. The molecule has 2 fully saturated rings. The van der Waals surface area contributed by atoms with Gasteiger partial charge in [0.2, 0.25) is 21.7 Å². The Kier molecular flexibility index (Phi) is 7.03. The highest BCUT2D eigenvalue weighted by Gasteiger charge is 2.56. The van der Waals surface area contributed by atoms with Crippen LogP contribution in [-0.2, 0) is 10.8 Å². The van der Waals surface area contributed by atoms with E-state index in [0.717, 1.165) is 82.9 Å². The van der Waals surface area contributed by atoms with Crippen LogP contribution in [0.1, 0.15) is 86.5 Å². The van der Waals surface area contributed by atoms with E-state index in [1.54, 1.807) is 22.7 Å². The molecule has 2 saturated carbocycles. The maximum absolute atomic E-state index is 13.8. The lowest BCUT2D eigenvalue weighted by atomic mass is 9.61. The highest BCUT2D eigenvalue weighted by molar-refractivity contribution is 7.29. The van der Waals surface area contributed by atoms with Crippen LogP contribution in [0.4, 0.5) is 10.0 Å². The van der Waals surface area contributed by atoms with Gasteiger partial charge in [0.1, 0.15) is 10.0 Å². The van der Waals surface area contributed by atoms with Gasteiger partial charge in [0, 0.05) is 42.1 Å². The summed E-state index contributed by atoms with van der Waals surface area (Å²) in [7, 11) is 0. The van der Waals surface area contributed by atoms with Gasteiger partial charge in [-0.05, 0) is 106 Å². The predicted octanol–water partition coefficient (Wildman–Crippen LogP) is 10.6. The monoisotopic (exact) mass is 822 g/mol. The maximum atomic E-state index is 13.8. The lowest BCUT2D eigenvalue weighted by Crippen LogP contribution is -2.34. The van der Waals surface area contributed by atoms with Crippen molar-refractivity contribution >= 4 is 87.1 Å². The first-order valence-corrected chi connectivity index (χ1v) is 23.2. The Labute approximate surface area is 348 Å². The SMILES string of the molecule is O=c1c(=Nc2cc3c(s2)-c2sc4c(c2C32CCCCC2)C2(CCCCC2)c2cc(N=c3c(=O)c5cc6ccccc6cc5c3=O)sc2-4)c(=O)c2cc3ccccc3cc12. The summed E-state index contributed by atoms with van der Waals surface area (Å²) in [6.07, 6.45) is 11.3. The van der Waals surface area contributed by atoms with E-state index in [4.69, 9.17) is 9.98 Å². The van der Waals surface area contributed by atoms with Gasteiger partial charge < -0.3 is 0 Å². The minimum Gasteiger partial charge on any atom is -0.287 e. The van der Waals surface area contributed by atoms with E-state index in [-0.39, 0.29) is 43.3 Å². The fourth-order valence-electron chi connectivity index (χ4n) is 11.6. The number of fused-ring (bicyclic) bond motifs is 15. The standard InChI is InChI=1S/C50H34N2O4S3/c53-41-29-19-25-11-3-4-12-26(25)20-30(29)42(54)39(41)51-35-23-33-45(57-35)47-37(49(33)15-7-1-8-16-49)38-48(59-47)46-34(50(38)17-9-2-10-18-50)24-36(58-46)52-40-43(55)31-21-27-13-5-6-14-28(27)22-32(31)44(40)56/h3-6,11-14,19-24H,1-2,7-10,15-18H2. The molecule has 0 radical (unpaired) electrons. The lowest BCUT2D eigenvalue weighted by molar-refractivity contribution is 0.326. The summed E-state index contributed by atoms with van der Waals surface area (Å²) in [5, 5.41) is 6.94. The van der Waals surface area contributed by atoms with E-state index < -0.39 is 0 Å². The zero-order valence-corrected chi connectivity index (χ0v) is 34.4. The third-order valence-corrected chi connectivity index (χ3v) is 17.8.